The number of hydrogen-bond donors (Lipinski definition) is 1. The summed E-state index contributed by atoms with van der Waals surface area (Å²) >= 11 is 0. The summed E-state index contributed by atoms with van der Waals surface area (Å²) in [4.78, 5) is 22.9. The van der Waals surface area contributed by atoms with Crippen molar-refractivity contribution in [1.82, 2.24) is 0 Å². The van der Waals surface area contributed by atoms with Crippen LogP contribution in [0, 0.1) is 23.7 Å². The minimum atomic E-state index is -0.895. The maximum absolute atomic E-state index is 11.6. The minimum absolute atomic E-state index is 0.0372. The lowest BCUT2D eigenvalue weighted by molar-refractivity contribution is -0.153. The number of carboxylic acid groups (broad SMARTS) is 1. The Bertz CT molecular complexity index is 382. The molecule has 0 saturated carbocycles. The smallest absolute Gasteiger partial charge is 0.310 e. The zero-order chi connectivity index (χ0) is 12.0. The highest BCUT2D eigenvalue weighted by Gasteiger charge is 2.51. The van der Waals surface area contributed by atoms with Gasteiger partial charge >= 0.3 is 11.9 Å². The van der Waals surface area contributed by atoms with E-state index in [-0.39, 0.29) is 17.8 Å². The lowest BCUT2D eigenvalue weighted by Crippen LogP contribution is -2.40. The molecule has 1 fully saturated rings. The van der Waals surface area contributed by atoms with E-state index in [0.717, 1.165) is 11.1 Å². The molecular formula is C12H16O4. The number of allylic oxidation sites excluding steroid dienone is 1. The fourth-order valence-corrected chi connectivity index (χ4v) is 2.93. The van der Waals surface area contributed by atoms with Crippen molar-refractivity contribution in [3.63, 3.8) is 0 Å². The highest BCUT2D eigenvalue weighted by atomic mass is 16.5. The van der Waals surface area contributed by atoms with Gasteiger partial charge in [0.25, 0.3) is 0 Å². The lowest BCUT2D eigenvalue weighted by Gasteiger charge is -2.35. The van der Waals surface area contributed by atoms with Crippen LogP contribution in [0.2, 0.25) is 0 Å². The summed E-state index contributed by atoms with van der Waals surface area (Å²) in [5, 5.41) is 9.25. The van der Waals surface area contributed by atoms with Gasteiger partial charge in [0.15, 0.2) is 0 Å². The fraction of sp³-hybridized carbons (Fsp3) is 0.667. The van der Waals surface area contributed by atoms with Crippen LogP contribution in [0.1, 0.15) is 20.8 Å². The number of carboxylic acids is 1. The highest BCUT2D eigenvalue weighted by molar-refractivity contribution is 5.84. The summed E-state index contributed by atoms with van der Waals surface area (Å²) < 4.78 is 5.01. The SMILES string of the molecule is CC1=C(C)[C@@H]2COC(=O)[C@@H]2[C@H](C(=O)O)[C@H]1C. The summed E-state index contributed by atoms with van der Waals surface area (Å²) in [5.41, 5.74) is 2.22. The van der Waals surface area contributed by atoms with Crippen molar-refractivity contribution in [2.45, 2.75) is 20.8 Å². The number of rotatable bonds is 1. The second-order valence-corrected chi connectivity index (χ2v) is 4.78. The molecule has 0 bridgehead atoms. The molecule has 1 saturated heterocycles. The zero-order valence-corrected chi connectivity index (χ0v) is 9.69. The van der Waals surface area contributed by atoms with E-state index in [4.69, 9.17) is 4.74 Å². The van der Waals surface area contributed by atoms with Gasteiger partial charge in [-0.1, -0.05) is 18.1 Å². The van der Waals surface area contributed by atoms with Crippen LogP contribution in [0.4, 0.5) is 0 Å². The third kappa shape index (κ3) is 1.36. The third-order valence-corrected chi connectivity index (χ3v) is 4.18. The number of ether oxygens (including phenoxy) is 1. The van der Waals surface area contributed by atoms with E-state index in [9.17, 15) is 14.7 Å². The molecule has 1 aliphatic heterocycles. The Hall–Kier alpha value is -1.32. The quantitative estimate of drug-likeness (QED) is 0.541. The molecule has 4 atom stereocenters. The second-order valence-electron chi connectivity index (χ2n) is 4.78. The number of cyclic esters (lactones) is 1. The van der Waals surface area contributed by atoms with E-state index in [0.29, 0.717) is 6.61 Å². The first-order valence-electron chi connectivity index (χ1n) is 5.51. The number of esters is 1. The standard InChI is InChI=1S/C12H16O4/c1-5-6(2)8-4-16-12(15)10(8)9(7(5)3)11(13)14/h7-10H,4H2,1-3H3,(H,13,14)/t7-,8-,9+,10-/m0/s1. The van der Waals surface area contributed by atoms with Crippen molar-refractivity contribution in [1.29, 1.82) is 0 Å². The Labute approximate surface area is 94.3 Å². The molecule has 0 aromatic heterocycles. The first kappa shape index (κ1) is 11.2. The van der Waals surface area contributed by atoms with Crippen LogP contribution in [0.5, 0.6) is 0 Å². The van der Waals surface area contributed by atoms with Gasteiger partial charge in [-0.25, -0.2) is 0 Å². The molecule has 0 unspecified atom stereocenters. The Morgan fingerprint density at radius 2 is 2.00 bits per heavy atom. The molecule has 2 aliphatic rings. The normalized spacial score (nSPS) is 38.3. The third-order valence-electron chi connectivity index (χ3n) is 4.18. The van der Waals surface area contributed by atoms with E-state index in [1.54, 1.807) is 0 Å². The average Bonchev–Trinajstić information content (AvgIpc) is 2.58. The molecule has 0 aromatic carbocycles. The first-order valence-corrected chi connectivity index (χ1v) is 5.51. The predicted octanol–water partition coefficient (Wildman–Crippen LogP) is 1.46. The van der Waals surface area contributed by atoms with Gasteiger partial charge in [-0.3, -0.25) is 9.59 Å². The van der Waals surface area contributed by atoms with Crippen molar-refractivity contribution in [3.8, 4) is 0 Å². The number of fused-ring (bicyclic) bond motifs is 1. The van der Waals surface area contributed by atoms with E-state index >= 15 is 0 Å². The Morgan fingerprint density at radius 3 is 2.56 bits per heavy atom. The van der Waals surface area contributed by atoms with Crippen LogP contribution >= 0.6 is 0 Å². The Balaban J connectivity index is 2.48. The van der Waals surface area contributed by atoms with Crippen LogP contribution in [0.3, 0.4) is 0 Å². The molecular weight excluding hydrogens is 208 g/mol. The van der Waals surface area contributed by atoms with Gasteiger partial charge in [0.2, 0.25) is 0 Å². The topological polar surface area (TPSA) is 63.6 Å². The van der Waals surface area contributed by atoms with Gasteiger partial charge in [-0.15, -0.1) is 0 Å². The maximum atomic E-state index is 11.6. The van der Waals surface area contributed by atoms with Crippen LogP contribution < -0.4 is 0 Å². The van der Waals surface area contributed by atoms with Crippen molar-refractivity contribution < 1.29 is 19.4 Å². The molecule has 0 radical (unpaired) electrons. The Morgan fingerprint density at radius 1 is 1.38 bits per heavy atom. The van der Waals surface area contributed by atoms with Crippen LogP contribution in [-0.4, -0.2) is 23.7 Å². The molecule has 0 aromatic rings. The number of hydrogen-bond acceptors (Lipinski definition) is 3. The van der Waals surface area contributed by atoms with Gasteiger partial charge in [0, 0.05) is 5.92 Å². The minimum Gasteiger partial charge on any atom is -0.481 e. The number of aliphatic carboxylic acids is 1. The van der Waals surface area contributed by atoms with Crippen molar-refractivity contribution >= 4 is 11.9 Å². The molecule has 1 N–H and O–H groups in total. The van der Waals surface area contributed by atoms with Crippen LogP contribution in [0.15, 0.2) is 11.1 Å². The first-order chi connectivity index (χ1) is 7.45. The molecule has 88 valence electrons. The van der Waals surface area contributed by atoms with Crippen molar-refractivity contribution in [2.24, 2.45) is 23.7 Å². The van der Waals surface area contributed by atoms with Crippen LogP contribution in [-0.2, 0) is 14.3 Å². The molecule has 4 nitrogen and oxygen atoms in total. The average molecular weight is 224 g/mol. The molecule has 2 rings (SSSR count). The second kappa shape index (κ2) is 3.61. The monoisotopic (exact) mass is 224 g/mol. The molecule has 1 aliphatic carbocycles. The summed E-state index contributed by atoms with van der Waals surface area (Å²) in [5.74, 6) is -2.50. The molecule has 4 heteroatoms. The van der Waals surface area contributed by atoms with E-state index in [1.165, 1.54) is 0 Å². The largest absolute Gasteiger partial charge is 0.481 e. The summed E-state index contributed by atoms with van der Waals surface area (Å²) in [7, 11) is 0. The lowest BCUT2D eigenvalue weighted by atomic mass is 9.66. The predicted molar refractivity (Wildman–Crippen MR) is 56.6 cm³/mol. The maximum Gasteiger partial charge on any atom is 0.310 e. The molecule has 0 amide bonds. The summed E-state index contributed by atoms with van der Waals surface area (Å²) in [6, 6.07) is 0. The van der Waals surface area contributed by atoms with Crippen molar-refractivity contribution in [3.05, 3.63) is 11.1 Å². The van der Waals surface area contributed by atoms with Crippen molar-refractivity contribution in [2.75, 3.05) is 6.61 Å². The zero-order valence-electron chi connectivity index (χ0n) is 9.69. The van der Waals surface area contributed by atoms with E-state index in [1.807, 2.05) is 20.8 Å². The summed E-state index contributed by atoms with van der Waals surface area (Å²) in [6.45, 7) is 6.14. The Kier molecular flexibility index (Phi) is 2.52. The van der Waals surface area contributed by atoms with E-state index in [2.05, 4.69) is 0 Å². The van der Waals surface area contributed by atoms with Gasteiger partial charge in [-0.05, 0) is 19.8 Å². The van der Waals surface area contributed by atoms with Gasteiger partial charge < -0.3 is 9.84 Å². The van der Waals surface area contributed by atoms with E-state index < -0.39 is 17.8 Å². The van der Waals surface area contributed by atoms with Crippen LogP contribution in [0.25, 0.3) is 0 Å². The highest BCUT2D eigenvalue weighted by Crippen LogP contribution is 2.45. The fourth-order valence-electron chi connectivity index (χ4n) is 2.93. The number of carbonyl (C=O) groups excluding carboxylic acids is 1. The molecule has 0 spiro atoms. The summed E-state index contributed by atoms with van der Waals surface area (Å²) in [6.07, 6.45) is 0. The molecule has 1 heterocycles. The van der Waals surface area contributed by atoms with Gasteiger partial charge in [0.1, 0.15) is 0 Å². The number of carbonyl (C=O) groups is 2. The van der Waals surface area contributed by atoms with Gasteiger partial charge in [-0.2, -0.15) is 0 Å². The molecule has 16 heavy (non-hydrogen) atoms. The van der Waals surface area contributed by atoms with Gasteiger partial charge in [0.05, 0.1) is 18.4 Å².